The molecule has 7 nitrogen and oxygen atoms in total. The zero-order valence-corrected chi connectivity index (χ0v) is 19.8. The van der Waals surface area contributed by atoms with E-state index < -0.39 is 26.6 Å². The van der Waals surface area contributed by atoms with E-state index >= 15 is 0 Å². The molecule has 180 valence electrons. The molecule has 1 saturated heterocycles. The quantitative estimate of drug-likeness (QED) is 0.628. The monoisotopic (exact) mass is 481 g/mol. The summed E-state index contributed by atoms with van der Waals surface area (Å²) in [6, 6.07) is 8.12. The van der Waals surface area contributed by atoms with Crippen molar-refractivity contribution in [1.29, 1.82) is 0 Å². The summed E-state index contributed by atoms with van der Waals surface area (Å²) in [7, 11) is -4.10. The van der Waals surface area contributed by atoms with Crippen molar-refractivity contribution in [2.45, 2.75) is 50.8 Å². The summed E-state index contributed by atoms with van der Waals surface area (Å²) in [5, 5.41) is 2.90. The van der Waals surface area contributed by atoms with Gasteiger partial charge in [-0.15, -0.1) is 0 Å². The van der Waals surface area contributed by atoms with Gasteiger partial charge in [0.2, 0.25) is 5.91 Å². The minimum Gasteiger partial charge on any atom is -0.373 e. The number of carbonyl (C=O) groups is 1. The van der Waals surface area contributed by atoms with E-state index in [1.54, 1.807) is 12.1 Å². The van der Waals surface area contributed by atoms with Gasteiger partial charge in [0.05, 0.1) is 23.1 Å². The van der Waals surface area contributed by atoms with Gasteiger partial charge in [-0.25, -0.2) is 17.2 Å². The van der Waals surface area contributed by atoms with E-state index in [1.165, 1.54) is 12.1 Å². The molecule has 33 heavy (non-hydrogen) atoms. The van der Waals surface area contributed by atoms with Gasteiger partial charge in [-0.1, -0.05) is 13.8 Å². The Morgan fingerprint density at radius 2 is 1.58 bits per heavy atom. The lowest BCUT2D eigenvalue weighted by Gasteiger charge is -2.41. The molecule has 3 rings (SSSR count). The lowest BCUT2D eigenvalue weighted by Crippen LogP contribution is -2.55. The van der Waals surface area contributed by atoms with Crippen molar-refractivity contribution in [3.63, 3.8) is 0 Å². The fraction of sp³-hybridized carbons (Fsp3) is 0.435. The number of rotatable bonds is 7. The first-order chi connectivity index (χ1) is 15.5. The maximum Gasteiger partial charge on any atom is 0.261 e. The summed E-state index contributed by atoms with van der Waals surface area (Å²) in [6.45, 7) is 9.27. The molecule has 1 aliphatic rings. The molecule has 0 spiro atoms. The zero-order valence-electron chi connectivity index (χ0n) is 19.0. The van der Waals surface area contributed by atoms with Crippen LogP contribution in [-0.2, 0) is 19.6 Å². The Balaban J connectivity index is 1.69. The molecular weight excluding hydrogens is 452 g/mol. The molecule has 2 aromatic rings. The van der Waals surface area contributed by atoms with Crippen molar-refractivity contribution in [2.75, 3.05) is 23.1 Å². The molecule has 1 aliphatic heterocycles. The molecule has 0 saturated carbocycles. The summed E-state index contributed by atoms with van der Waals surface area (Å²) in [5.41, 5.74) is 0.727. The highest BCUT2D eigenvalue weighted by molar-refractivity contribution is 7.92. The normalized spacial score (nSPS) is 20.5. The highest BCUT2D eigenvalue weighted by Crippen LogP contribution is 2.22. The number of hydrogen-bond acceptors (Lipinski definition) is 5. The van der Waals surface area contributed by atoms with Gasteiger partial charge in [0.25, 0.3) is 10.0 Å². The first-order valence-electron chi connectivity index (χ1n) is 10.7. The molecule has 3 unspecified atom stereocenters. The van der Waals surface area contributed by atoms with Gasteiger partial charge >= 0.3 is 0 Å². The van der Waals surface area contributed by atoms with Gasteiger partial charge in [-0.05, 0) is 62.2 Å². The van der Waals surface area contributed by atoms with E-state index in [1.807, 2.05) is 27.7 Å². The summed E-state index contributed by atoms with van der Waals surface area (Å²) in [6.07, 6.45) is 0.0642. The second-order valence-electron chi connectivity index (χ2n) is 8.65. The fourth-order valence-corrected chi connectivity index (χ4v) is 5.10. The summed E-state index contributed by atoms with van der Waals surface area (Å²) in [5.74, 6) is -2.46. The number of halogens is 2. The average Bonchev–Trinajstić information content (AvgIpc) is 2.70. The van der Waals surface area contributed by atoms with Crippen LogP contribution in [0.15, 0.2) is 47.4 Å². The van der Waals surface area contributed by atoms with Crippen molar-refractivity contribution in [2.24, 2.45) is 5.92 Å². The van der Waals surface area contributed by atoms with Crippen LogP contribution in [0, 0.1) is 17.6 Å². The van der Waals surface area contributed by atoms with Gasteiger partial charge in [-0.3, -0.25) is 14.4 Å². The van der Waals surface area contributed by atoms with Gasteiger partial charge in [0, 0.05) is 24.5 Å². The Hall–Kier alpha value is -2.56. The maximum absolute atomic E-state index is 13.4. The number of sulfonamides is 1. The van der Waals surface area contributed by atoms with Crippen LogP contribution in [-0.4, -0.2) is 50.6 Å². The van der Waals surface area contributed by atoms with E-state index in [-0.39, 0.29) is 35.8 Å². The number of nitrogens with one attached hydrogen (secondary N) is 2. The van der Waals surface area contributed by atoms with E-state index in [4.69, 9.17) is 4.74 Å². The van der Waals surface area contributed by atoms with E-state index in [0.717, 1.165) is 12.1 Å². The number of nitrogens with zero attached hydrogens (tertiary/aromatic N) is 1. The van der Waals surface area contributed by atoms with Crippen molar-refractivity contribution >= 4 is 27.3 Å². The van der Waals surface area contributed by atoms with Gasteiger partial charge in [-0.2, -0.15) is 0 Å². The number of carbonyl (C=O) groups excluding carboxylic acids is 1. The zero-order chi connectivity index (χ0) is 24.3. The standard InChI is InChI=1S/C23H29F2N3O4S/c1-14(2)22(28-12-15(3)32-16(4)13-28)23(29)26-17-5-7-18(8-6-17)27-33(30,31)19-9-10-20(24)21(25)11-19/h5-11,14-16,22,27H,12-13H2,1-4H3,(H,26,29). The molecule has 0 aliphatic carbocycles. The van der Waals surface area contributed by atoms with E-state index in [0.29, 0.717) is 24.8 Å². The third-order valence-corrected chi connectivity index (χ3v) is 6.73. The SMILES string of the molecule is CC1CN(C(C(=O)Nc2ccc(NS(=O)(=O)c3ccc(F)c(F)c3)cc2)C(C)C)CC(C)O1. The molecule has 2 N–H and O–H groups in total. The van der Waals surface area contributed by atoms with Crippen molar-refractivity contribution < 1.29 is 26.7 Å². The first kappa shape index (κ1) is 25.1. The second kappa shape index (κ2) is 10.1. The topological polar surface area (TPSA) is 87.7 Å². The third kappa shape index (κ3) is 6.27. The second-order valence-corrected chi connectivity index (χ2v) is 10.3. The predicted octanol–water partition coefficient (Wildman–Crippen LogP) is 3.84. The molecule has 10 heteroatoms. The van der Waals surface area contributed by atoms with Crippen LogP contribution < -0.4 is 10.0 Å². The smallest absolute Gasteiger partial charge is 0.261 e. The summed E-state index contributed by atoms with van der Waals surface area (Å²) < 4.78 is 59.5. The number of benzene rings is 2. The fourth-order valence-electron chi connectivity index (χ4n) is 4.03. The van der Waals surface area contributed by atoms with Crippen LogP contribution in [0.2, 0.25) is 0 Å². The number of morpholine rings is 1. The van der Waals surface area contributed by atoms with E-state index in [2.05, 4.69) is 14.9 Å². The number of anilines is 2. The lowest BCUT2D eigenvalue weighted by molar-refractivity contribution is -0.130. The van der Waals surface area contributed by atoms with Crippen molar-refractivity contribution in [1.82, 2.24) is 4.90 Å². The first-order valence-corrected chi connectivity index (χ1v) is 12.2. The highest BCUT2D eigenvalue weighted by Gasteiger charge is 2.34. The van der Waals surface area contributed by atoms with Gasteiger partial charge in [0.15, 0.2) is 11.6 Å². The molecule has 3 atom stereocenters. The molecule has 2 aromatic carbocycles. The highest BCUT2D eigenvalue weighted by atomic mass is 32.2. The minimum absolute atomic E-state index is 0.0321. The summed E-state index contributed by atoms with van der Waals surface area (Å²) >= 11 is 0. The number of ether oxygens (including phenoxy) is 1. The lowest BCUT2D eigenvalue weighted by atomic mass is 9.99. The molecule has 1 amide bonds. The minimum atomic E-state index is -4.10. The van der Waals surface area contributed by atoms with Crippen molar-refractivity contribution in [3.05, 3.63) is 54.1 Å². The predicted molar refractivity (Wildman–Crippen MR) is 122 cm³/mol. The number of amides is 1. The van der Waals surface area contributed by atoms with Gasteiger partial charge in [0.1, 0.15) is 0 Å². The largest absolute Gasteiger partial charge is 0.373 e. The van der Waals surface area contributed by atoms with Crippen molar-refractivity contribution in [3.8, 4) is 0 Å². The summed E-state index contributed by atoms with van der Waals surface area (Å²) in [4.78, 5) is 14.8. The molecular formula is C23H29F2N3O4S. The Morgan fingerprint density at radius 1 is 1.00 bits per heavy atom. The Morgan fingerprint density at radius 3 is 2.12 bits per heavy atom. The molecule has 1 heterocycles. The van der Waals surface area contributed by atoms with Gasteiger partial charge < -0.3 is 10.1 Å². The molecule has 0 aromatic heterocycles. The van der Waals surface area contributed by atoms with Crippen LogP contribution in [0.5, 0.6) is 0 Å². The molecule has 0 radical (unpaired) electrons. The van der Waals surface area contributed by atoms with Crippen LogP contribution in [0.3, 0.4) is 0 Å². The maximum atomic E-state index is 13.4. The van der Waals surface area contributed by atoms with E-state index in [9.17, 15) is 22.0 Å². The third-order valence-electron chi connectivity index (χ3n) is 5.35. The Bertz CT molecular complexity index is 1080. The number of hydrogen-bond donors (Lipinski definition) is 2. The molecule has 1 fully saturated rings. The Kier molecular flexibility index (Phi) is 7.71. The van der Waals surface area contributed by atoms with Crippen LogP contribution in [0.25, 0.3) is 0 Å². The van der Waals surface area contributed by atoms with Crippen LogP contribution >= 0.6 is 0 Å². The molecule has 0 bridgehead atoms. The van der Waals surface area contributed by atoms with Crippen LogP contribution in [0.1, 0.15) is 27.7 Å². The average molecular weight is 482 g/mol. The van der Waals surface area contributed by atoms with Crippen LogP contribution in [0.4, 0.5) is 20.2 Å². The Labute approximate surface area is 193 Å².